The van der Waals surface area contributed by atoms with Crippen LogP contribution in [0.5, 0.6) is 0 Å². The van der Waals surface area contributed by atoms with Crippen LogP contribution < -0.4 is 0 Å². The van der Waals surface area contributed by atoms with Crippen molar-refractivity contribution in [3.63, 3.8) is 0 Å². The van der Waals surface area contributed by atoms with Crippen LogP contribution in [0, 0.1) is 21.3 Å². The maximum atomic E-state index is 14.2. The number of nitro benzene ring substituents is 1. The molecule has 1 N–H and O–H groups in total. The third kappa shape index (κ3) is 3.00. The van der Waals surface area contributed by atoms with Crippen molar-refractivity contribution >= 4 is 16.6 Å². The Labute approximate surface area is 121 Å². The number of nitro groups is 1. The van der Waals surface area contributed by atoms with Gasteiger partial charge in [-0.1, -0.05) is 20.8 Å². The Kier molecular flexibility index (Phi) is 3.91. The summed E-state index contributed by atoms with van der Waals surface area (Å²) < 4.78 is 14.2. The van der Waals surface area contributed by atoms with E-state index in [1.165, 1.54) is 12.3 Å². The van der Waals surface area contributed by atoms with E-state index in [2.05, 4.69) is 4.98 Å². The van der Waals surface area contributed by atoms with Crippen molar-refractivity contribution in [2.45, 2.75) is 33.3 Å². The van der Waals surface area contributed by atoms with Gasteiger partial charge in [0, 0.05) is 18.2 Å². The number of aliphatic hydroxyl groups excluding tert-OH is 1. The van der Waals surface area contributed by atoms with Crippen LogP contribution in [0.3, 0.4) is 0 Å². The zero-order valence-electron chi connectivity index (χ0n) is 12.1. The fourth-order valence-electron chi connectivity index (χ4n) is 2.10. The number of rotatable bonds is 3. The molecule has 1 aromatic heterocycles. The molecule has 2 rings (SSSR count). The highest BCUT2D eigenvalue weighted by atomic mass is 19.1. The average molecular weight is 292 g/mol. The van der Waals surface area contributed by atoms with E-state index in [9.17, 15) is 19.6 Å². The Morgan fingerprint density at radius 2 is 2.14 bits per heavy atom. The Morgan fingerprint density at radius 1 is 1.48 bits per heavy atom. The minimum absolute atomic E-state index is 0.0564. The van der Waals surface area contributed by atoms with E-state index in [1.54, 1.807) is 6.07 Å². The molecule has 112 valence electrons. The molecule has 0 aliphatic heterocycles. The summed E-state index contributed by atoms with van der Waals surface area (Å²) in [5, 5.41) is 21.5. The van der Waals surface area contributed by atoms with Crippen molar-refractivity contribution in [1.82, 2.24) is 4.98 Å². The van der Waals surface area contributed by atoms with Crippen molar-refractivity contribution in [3.8, 4) is 0 Å². The van der Waals surface area contributed by atoms with Crippen LogP contribution in [0.15, 0.2) is 24.4 Å². The fourth-order valence-corrected chi connectivity index (χ4v) is 2.10. The van der Waals surface area contributed by atoms with Crippen LogP contribution in [0.25, 0.3) is 10.9 Å². The molecule has 0 fully saturated rings. The van der Waals surface area contributed by atoms with E-state index in [0.717, 1.165) is 6.07 Å². The first-order valence-electron chi connectivity index (χ1n) is 6.60. The van der Waals surface area contributed by atoms with Crippen molar-refractivity contribution < 1.29 is 14.4 Å². The molecule has 1 atom stereocenters. The van der Waals surface area contributed by atoms with Gasteiger partial charge < -0.3 is 5.11 Å². The quantitative estimate of drug-likeness (QED) is 0.696. The fraction of sp³-hybridized carbons (Fsp3) is 0.400. The van der Waals surface area contributed by atoms with E-state index in [4.69, 9.17) is 0 Å². The van der Waals surface area contributed by atoms with Crippen molar-refractivity contribution in [3.05, 3.63) is 45.9 Å². The summed E-state index contributed by atoms with van der Waals surface area (Å²) in [6, 6.07) is 4.00. The monoisotopic (exact) mass is 292 g/mol. The van der Waals surface area contributed by atoms with Gasteiger partial charge in [-0.15, -0.1) is 0 Å². The molecule has 0 bridgehead atoms. The summed E-state index contributed by atoms with van der Waals surface area (Å²) in [6.07, 6.45) is 0.734. The summed E-state index contributed by atoms with van der Waals surface area (Å²) in [6.45, 7) is 5.53. The van der Waals surface area contributed by atoms with E-state index in [0.29, 0.717) is 0 Å². The first-order chi connectivity index (χ1) is 9.71. The summed E-state index contributed by atoms with van der Waals surface area (Å²) >= 11 is 0. The molecule has 1 heterocycles. The lowest BCUT2D eigenvalue weighted by Crippen LogP contribution is -2.28. The van der Waals surface area contributed by atoms with Gasteiger partial charge >= 0.3 is 0 Å². The van der Waals surface area contributed by atoms with Gasteiger partial charge in [0.2, 0.25) is 0 Å². The first kappa shape index (κ1) is 15.3. The van der Waals surface area contributed by atoms with Gasteiger partial charge in [0.15, 0.2) is 0 Å². The molecule has 0 saturated carbocycles. The van der Waals surface area contributed by atoms with Crippen LogP contribution in [0.2, 0.25) is 0 Å². The maximum Gasteiger partial charge on any atom is 0.281 e. The van der Waals surface area contributed by atoms with E-state index in [-0.39, 0.29) is 28.6 Å². The van der Waals surface area contributed by atoms with Crippen LogP contribution in [-0.4, -0.2) is 21.1 Å². The largest absolute Gasteiger partial charge is 0.392 e. The molecule has 0 aliphatic rings. The second kappa shape index (κ2) is 5.37. The van der Waals surface area contributed by atoms with Crippen LogP contribution in [-0.2, 0) is 6.42 Å². The van der Waals surface area contributed by atoms with E-state index in [1.807, 2.05) is 20.8 Å². The summed E-state index contributed by atoms with van der Waals surface area (Å²) in [5.74, 6) is -0.712. The molecule has 1 unspecified atom stereocenters. The number of nitrogens with zero attached hydrogens (tertiary/aromatic N) is 2. The summed E-state index contributed by atoms with van der Waals surface area (Å²) in [5.41, 5.74) is -0.300. The molecule has 21 heavy (non-hydrogen) atoms. The Balaban J connectivity index is 2.62. The number of non-ortho nitro benzene ring substituents is 1. The van der Waals surface area contributed by atoms with Gasteiger partial charge in [-0.3, -0.25) is 15.1 Å². The number of aromatic nitrogens is 1. The van der Waals surface area contributed by atoms with Crippen molar-refractivity contribution in [2.24, 2.45) is 5.41 Å². The number of pyridine rings is 1. The van der Waals surface area contributed by atoms with Crippen LogP contribution in [0.4, 0.5) is 10.1 Å². The zero-order chi connectivity index (χ0) is 15.8. The molecular formula is C15H17FN2O3. The number of fused-ring (bicyclic) bond motifs is 1. The second-order valence-corrected chi connectivity index (χ2v) is 6.10. The SMILES string of the molecule is CC(C)(C)C(O)Cc1c(F)cc([N+](=O)[O-])c2cccnc12. The van der Waals surface area contributed by atoms with Gasteiger partial charge in [-0.05, 0) is 17.5 Å². The third-order valence-corrected chi connectivity index (χ3v) is 3.52. The highest BCUT2D eigenvalue weighted by Gasteiger charge is 2.27. The summed E-state index contributed by atoms with van der Waals surface area (Å²) in [7, 11) is 0. The topological polar surface area (TPSA) is 76.3 Å². The smallest absolute Gasteiger partial charge is 0.281 e. The molecule has 1 aromatic carbocycles. The van der Waals surface area contributed by atoms with E-state index < -0.39 is 22.3 Å². The van der Waals surface area contributed by atoms with Gasteiger partial charge in [0.1, 0.15) is 5.82 Å². The molecule has 0 amide bonds. The Hall–Kier alpha value is -2.08. The van der Waals surface area contributed by atoms with Crippen LogP contribution >= 0.6 is 0 Å². The average Bonchev–Trinajstić information content (AvgIpc) is 2.40. The number of aliphatic hydroxyl groups is 1. The van der Waals surface area contributed by atoms with Gasteiger partial charge in [-0.25, -0.2) is 4.39 Å². The molecule has 0 radical (unpaired) electrons. The second-order valence-electron chi connectivity index (χ2n) is 6.10. The predicted octanol–water partition coefficient (Wildman–Crippen LogP) is 3.23. The molecule has 6 heteroatoms. The lowest BCUT2D eigenvalue weighted by molar-refractivity contribution is -0.383. The predicted molar refractivity (Wildman–Crippen MR) is 77.5 cm³/mol. The minimum atomic E-state index is -0.779. The maximum absolute atomic E-state index is 14.2. The van der Waals surface area contributed by atoms with Crippen molar-refractivity contribution in [1.29, 1.82) is 0 Å². The van der Waals surface area contributed by atoms with Gasteiger partial charge in [0.05, 0.1) is 28.0 Å². The number of hydrogen-bond donors (Lipinski definition) is 1. The lowest BCUT2D eigenvalue weighted by Gasteiger charge is -2.26. The first-order valence-corrected chi connectivity index (χ1v) is 6.60. The van der Waals surface area contributed by atoms with Gasteiger partial charge in [-0.2, -0.15) is 0 Å². The molecule has 0 saturated heterocycles. The molecule has 0 aliphatic carbocycles. The minimum Gasteiger partial charge on any atom is -0.392 e. The number of halogens is 1. The lowest BCUT2D eigenvalue weighted by atomic mass is 9.85. The third-order valence-electron chi connectivity index (χ3n) is 3.52. The standard InChI is InChI=1S/C15H17FN2O3/c1-15(2,3)13(19)7-10-11(16)8-12(18(20)21)9-5-4-6-17-14(9)10/h4-6,8,13,19H,7H2,1-3H3. The molecule has 5 nitrogen and oxygen atoms in total. The highest BCUT2D eigenvalue weighted by Crippen LogP contribution is 2.32. The van der Waals surface area contributed by atoms with E-state index >= 15 is 0 Å². The zero-order valence-corrected chi connectivity index (χ0v) is 12.1. The van der Waals surface area contributed by atoms with Gasteiger partial charge in [0.25, 0.3) is 5.69 Å². The number of benzene rings is 1. The highest BCUT2D eigenvalue weighted by molar-refractivity contribution is 5.90. The summed E-state index contributed by atoms with van der Waals surface area (Å²) in [4.78, 5) is 14.5. The van der Waals surface area contributed by atoms with Crippen LogP contribution in [0.1, 0.15) is 26.3 Å². The Morgan fingerprint density at radius 3 is 2.71 bits per heavy atom. The molecule has 2 aromatic rings. The normalized spacial score (nSPS) is 13.4. The molecular weight excluding hydrogens is 275 g/mol. The number of hydrogen-bond acceptors (Lipinski definition) is 4. The Bertz CT molecular complexity index is 695. The van der Waals surface area contributed by atoms with Crippen molar-refractivity contribution in [2.75, 3.05) is 0 Å². The molecule has 0 spiro atoms.